The van der Waals surface area contributed by atoms with E-state index in [1.807, 2.05) is 0 Å². The van der Waals surface area contributed by atoms with Crippen molar-refractivity contribution in [3.05, 3.63) is 0 Å². The number of hydrogen-bond donors (Lipinski definition) is 0. The number of unbranched alkanes of at least 4 members (excludes halogenated alkanes) is 43. The van der Waals surface area contributed by atoms with Crippen LogP contribution in [0.5, 0.6) is 0 Å². The molecule has 0 aromatic heterocycles. The molecule has 0 saturated heterocycles. The summed E-state index contributed by atoms with van der Waals surface area (Å²) in [5, 5.41) is 0. The maximum absolute atomic E-state index is 12.9. The average molecular weight is 1000 g/mol. The van der Waals surface area contributed by atoms with E-state index >= 15 is 0 Å². The van der Waals surface area contributed by atoms with Crippen molar-refractivity contribution in [3.63, 3.8) is 0 Å². The number of carbonyl (C=O) groups is 3. The normalized spacial score (nSPS) is 12.4. The van der Waals surface area contributed by atoms with E-state index < -0.39 is 6.10 Å². The van der Waals surface area contributed by atoms with Gasteiger partial charge in [-0.25, -0.2) is 0 Å². The van der Waals surface area contributed by atoms with Crippen molar-refractivity contribution >= 4 is 17.9 Å². The molecule has 6 heteroatoms. The second kappa shape index (κ2) is 57.7. The zero-order chi connectivity index (χ0) is 51.8. The topological polar surface area (TPSA) is 78.9 Å². The predicted octanol–water partition coefficient (Wildman–Crippen LogP) is 21.6. The first-order chi connectivity index (χ1) is 34.8. The highest BCUT2D eigenvalue weighted by atomic mass is 16.6. The van der Waals surface area contributed by atoms with E-state index in [1.165, 1.54) is 257 Å². The molecule has 0 N–H and O–H groups in total. The molecule has 1 unspecified atom stereocenters. The van der Waals surface area contributed by atoms with Crippen molar-refractivity contribution in [2.45, 2.75) is 375 Å². The third kappa shape index (κ3) is 57.5. The summed E-state index contributed by atoms with van der Waals surface area (Å²) >= 11 is 0. The quantitative estimate of drug-likeness (QED) is 0.0343. The molecule has 422 valence electrons. The molecule has 2 atom stereocenters. The summed E-state index contributed by atoms with van der Waals surface area (Å²) < 4.78 is 17.0. The lowest BCUT2D eigenvalue weighted by atomic mass is 9.99. The Morgan fingerprint density at radius 3 is 0.803 bits per heavy atom. The number of hydrogen-bond acceptors (Lipinski definition) is 6. The van der Waals surface area contributed by atoms with Gasteiger partial charge in [0.25, 0.3) is 0 Å². The van der Waals surface area contributed by atoms with E-state index in [9.17, 15) is 14.4 Å². The van der Waals surface area contributed by atoms with Crippen molar-refractivity contribution in [3.8, 4) is 0 Å². The van der Waals surface area contributed by atoms with Crippen molar-refractivity contribution in [2.24, 2.45) is 11.8 Å². The van der Waals surface area contributed by atoms with E-state index in [-0.39, 0.29) is 31.1 Å². The Morgan fingerprint density at radius 2 is 0.535 bits per heavy atom. The summed E-state index contributed by atoms with van der Waals surface area (Å²) in [6, 6.07) is 0. The van der Waals surface area contributed by atoms with Crippen molar-refractivity contribution < 1.29 is 28.6 Å². The fourth-order valence-electron chi connectivity index (χ4n) is 10.1. The molecule has 0 radical (unpaired) electrons. The van der Waals surface area contributed by atoms with Gasteiger partial charge in [0.2, 0.25) is 0 Å². The molecule has 0 amide bonds. The summed E-state index contributed by atoms with van der Waals surface area (Å²) in [7, 11) is 0. The Hall–Kier alpha value is -1.59. The zero-order valence-electron chi connectivity index (χ0n) is 48.9. The molecular weight excluding hydrogens is 877 g/mol. The Bertz CT molecular complexity index is 1090. The van der Waals surface area contributed by atoms with E-state index in [4.69, 9.17) is 14.2 Å². The van der Waals surface area contributed by atoms with Gasteiger partial charge in [-0.15, -0.1) is 0 Å². The van der Waals surface area contributed by atoms with Gasteiger partial charge in [-0.3, -0.25) is 14.4 Å². The van der Waals surface area contributed by atoms with Crippen molar-refractivity contribution in [2.75, 3.05) is 13.2 Å². The molecule has 0 spiro atoms. The first kappa shape index (κ1) is 69.4. The largest absolute Gasteiger partial charge is 0.462 e. The Morgan fingerprint density at radius 1 is 0.296 bits per heavy atom. The first-order valence-electron chi connectivity index (χ1n) is 32.3. The van der Waals surface area contributed by atoms with Gasteiger partial charge in [0.15, 0.2) is 6.10 Å². The van der Waals surface area contributed by atoms with Crippen LogP contribution in [-0.2, 0) is 28.6 Å². The van der Waals surface area contributed by atoms with Crippen LogP contribution in [-0.4, -0.2) is 37.2 Å². The maximum Gasteiger partial charge on any atom is 0.306 e. The third-order valence-electron chi connectivity index (χ3n) is 15.3. The number of esters is 3. The predicted molar refractivity (Wildman–Crippen MR) is 307 cm³/mol. The SMILES string of the molecule is CCCCCCCCCCCCCCCCCC(=O)OC[C@@H](COC(=O)CCCCCCCCCCCCCCCCCCCCC(C)CC)OC(=O)CCCCCCCCCCCCCCCC(C)C. The lowest BCUT2D eigenvalue weighted by Crippen LogP contribution is -2.30. The Labute approximate surface area is 444 Å². The molecule has 6 nitrogen and oxygen atoms in total. The van der Waals surface area contributed by atoms with Gasteiger partial charge in [-0.2, -0.15) is 0 Å². The summed E-state index contributed by atoms with van der Waals surface area (Å²) in [5.41, 5.74) is 0. The molecule has 71 heavy (non-hydrogen) atoms. The van der Waals surface area contributed by atoms with Crippen LogP contribution < -0.4 is 0 Å². The summed E-state index contributed by atoms with van der Waals surface area (Å²) in [6.45, 7) is 11.5. The van der Waals surface area contributed by atoms with Crippen LogP contribution in [0.4, 0.5) is 0 Å². The summed E-state index contributed by atoms with van der Waals surface area (Å²) in [5.74, 6) is 0.917. The standard InChI is InChI=1S/C65H126O6/c1-6-8-9-10-11-12-13-14-19-25-30-35-40-45-50-55-63(66)69-58-62(71-65(68)57-52-47-42-37-32-27-22-23-28-33-38-43-48-53-60(3)4)59-70-64(67)56-51-46-41-36-31-26-21-18-16-15-17-20-24-29-34-39-44-49-54-61(5)7-2/h60-62H,6-59H2,1-5H3/t61?,62-/m0/s1. The first-order valence-corrected chi connectivity index (χ1v) is 32.3. The van der Waals surface area contributed by atoms with Gasteiger partial charge in [0.05, 0.1) is 0 Å². The minimum atomic E-state index is -0.763. The molecule has 0 aromatic carbocycles. The second-order valence-electron chi connectivity index (χ2n) is 23.1. The molecule has 0 heterocycles. The van der Waals surface area contributed by atoms with Crippen molar-refractivity contribution in [1.82, 2.24) is 0 Å². The van der Waals surface area contributed by atoms with E-state index in [1.54, 1.807) is 0 Å². The van der Waals surface area contributed by atoms with Gasteiger partial charge in [0, 0.05) is 19.3 Å². The third-order valence-corrected chi connectivity index (χ3v) is 15.3. The van der Waals surface area contributed by atoms with Gasteiger partial charge in [-0.05, 0) is 31.1 Å². The van der Waals surface area contributed by atoms with E-state index in [0.29, 0.717) is 19.3 Å². The fraction of sp³-hybridized carbons (Fsp3) is 0.954. The number of carbonyl (C=O) groups excluding carboxylic acids is 3. The lowest BCUT2D eigenvalue weighted by Gasteiger charge is -2.18. The zero-order valence-corrected chi connectivity index (χ0v) is 48.9. The molecule has 0 aliphatic rings. The van der Waals surface area contributed by atoms with Crippen molar-refractivity contribution in [1.29, 1.82) is 0 Å². The molecule has 0 aromatic rings. The monoisotopic (exact) mass is 1000 g/mol. The molecule has 0 bridgehead atoms. The van der Waals surface area contributed by atoms with E-state index in [2.05, 4.69) is 34.6 Å². The van der Waals surface area contributed by atoms with Crippen LogP contribution in [0, 0.1) is 11.8 Å². The fourth-order valence-corrected chi connectivity index (χ4v) is 10.1. The van der Waals surface area contributed by atoms with Gasteiger partial charge in [-0.1, -0.05) is 330 Å². The second-order valence-corrected chi connectivity index (χ2v) is 23.1. The van der Waals surface area contributed by atoms with Crippen LogP contribution in [0.2, 0.25) is 0 Å². The molecular formula is C65H126O6. The van der Waals surface area contributed by atoms with Gasteiger partial charge >= 0.3 is 17.9 Å². The van der Waals surface area contributed by atoms with Gasteiger partial charge in [0.1, 0.15) is 13.2 Å². The number of rotatable bonds is 59. The number of ether oxygens (including phenoxy) is 3. The van der Waals surface area contributed by atoms with E-state index in [0.717, 1.165) is 69.6 Å². The van der Waals surface area contributed by atoms with Crippen LogP contribution in [0.3, 0.4) is 0 Å². The summed E-state index contributed by atoms with van der Waals surface area (Å²) in [6.07, 6.45) is 63.8. The Balaban J connectivity index is 4.25. The highest BCUT2D eigenvalue weighted by Gasteiger charge is 2.19. The van der Waals surface area contributed by atoms with Crippen LogP contribution in [0.25, 0.3) is 0 Å². The highest BCUT2D eigenvalue weighted by Crippen LogP contribution is 2.19. The Kier molecular flexibility index (Phi) is 56.4. The highest BCUT2D eigenvalue weighted by molar-refractivity contribution is 5.71. The maximum atomic E-state index is 12.9. The van der Waals surface area contributed by atoms with Crippen LogP contribution in [0.15, 0.2) is 0 Å². The van der Waals surface area contributed by atoms with Crippen LogP contribution in [0.1, 0.15) is 369 Å². The minimum absolute atomic E-state index is 0.0618. The molecule has 0 aliphatic heterocycles. The average Bonchev–Trinajstić information content (AvgIpc) is 3.36. The molecule has 0 rings (SSSR count). The smallest absolute Gasteiger partial charge is 0.306 e. The summed E-state index contributed by atoms with van der Waals surface area (Å²) in [4.78, 5) is 38.3. The molecule has 0 saturated carbocycles. The van der Waals surface area contributed by atoms with Gasteiger partial charge < -0.3 is 14.2 Å². The lowest BCUT2D eigenvalue weighted by molar-refractivity contribution is -0.167. The minimum Gasteiger partial charge on any atom is -0.462 e. The molecule has 0 fully saturated rings. The van der Waals surface area contributed by atoms with Crippen LogP contribution >= 0.6 is 0 Å². The molecule has 0 aliphatic carbocycles.